The van der Waals surface area contributed by atoms with Crippen LogP contribution in [0.15, 0.2) is 12.1 Å². The zero-order chi connectivity index (χ0) is 20.4. The molecule has 29 heavy (non-hydrogen) atoms. The van der Waals surface area contributed by atoms with Gasteiger partial charge >= 0.3 is 0 Å². The molecule has 9 heteroatoms. The Hall–Kier alpha value is -2.68. The molecule has 0 aliphatic carbocycles. The number of nitrogens with one attached hydrogen (secondary N) is 2. The van der Waals surface area contributed by atoms with Gasteiger partial charge < -0.3 is 20.4 Å². The van der Waals surface area contributed by atoms with Crippen molar-refractivity contribution in [1.82, 2.24) is 30.3 Å². The molecule has 2 aliphatic rings. The first kappa shape index (κ1) is 19.6. The number of piperidine rings is 1. The van der Waals surface area contributed by atoms with Crippen LogP contribution in [0.4, 0.5) is 5.82 Å². The van der Waals surface area contributed by atoms with Gasteiger partial charge in [-0.25, -0.2) is 9.67 Å². The Labute approximate surface area is 170 Å². The van der Waals surface area contributed by atoms with E-state index >= 15 is 0 Å². The van der Waals surface area contributed by atoms with Crippen molar-refractivity contribution in [3.8, 4) is 0 Å². The third-order valence-corrected chi connectivity index (χ3v) is 5.83. The van der Waals surface area contributed by atoms with Gasteiger partial charge in [0.1, 0.15) is 5.82 Å². The van der Waals surface area contributed by atoms with Crippen molar-refractivity contribution in [3.63, 3.8) is 0 Å². The highest BCUT2D eigenvalue weighted by Crippen LogP contribution is 2.22. The van der Waals surface area contributed by atoms with Crippen LogP contribution in [0.2, 0.25) is 0 Å². The Morgan fingerprint density at radius 1 is 1.14 bits per heavy atom. The number of hydrogen-bond donors (Lipinski definition) is 2. The third kappa shape index (κ3) is 4.19. The average molecular weight is 399 g/mol. The fourth-order valence-corrected chi connectivity index (χ4v) is 4.15. The minimum absolute atomic E-state index is 0.117. The summed E-state index contributed by atoms with van der Waals surface area (Å²) in [7, 11) is 1.82. The number of aromatic nitrogens is 3. The van der Waals surface area contributed by atoms with Gasteiger partial charge in [-0.1, -0.05) is 0 Å². The third-order valence-electron chi connectivity index (χ3n) is 5.83. The van der Waals surface area contributed by atoms with E-state index in [1.807, 2.05) is 24.1 Å². The second-order valence-electron chi connectivity index (χ2n) is 7.86. The molecule has 156 valence electrons. The van der Waals surface area contributed by atoms with Gasteiger partial charge in [0.2, 0.25) is 5.91 Å². The van der Waals surface area contributed by atoms with Crippen LogP contribution in [-0.4, -0.2) is 76.8 Å². The number of pyridine rings is 1. The summed E-state index contributed by atoms with van der Waals surface area (Å²) in [5.74, 6) is 0.839. The number of nitrogens with zero attached hydrogens (tertiary/aromatic N) is 5. The van der Waals surface area contributed by atoms with E-state index in [-0.39, 0.29) is 17.9 Å². The molecule has 2 aliphatic heterocycles. The van der Waals surface area contributed by atoms with Gasteiger partial charge in [-0.05, 0) is 44.5 Å². The highest BCUT2D eigenvalue weighted by atomic mass is 16.2. The summed E-state index contributed by atoms with van der Waals surface area (Å²) in [5.41, 5.74) is 1.13. The molecule has 2 aromatic heterocycles. The van der Waals surface area contributed by atoms with Crippen molar-refractivity contribution in [2.75, 3.05) is 44.2 Å². The van der Waals surface area contributed by atoms with Crippen LogP contribution in [0.1, 0.15) is 36.7 Å². The lowest BCUT2D eigenvalue weighted by molar-refractivity contribution is -0.128. The first-order chi connectivity index (χ1) is 14.0. The van der Waals surface area contributed by atoms with Crippen LogP contribution in [-0.2, 0) is 11.8 Å². The van der Waals surface area contributed by atoms with E-state index in [0.29, 0.717) is 17.9 Å². The summed E-state index contributed by atoms with van der Waals surface area (Å²) in [6.07, 6.45) is 2.78. The number of carbonyl (C=O) groups is 2. The molecule has 4 rings (SSSR count). The van der Waals surface area contributed by atoms with Gasteiger partial charge in [-0.3, -0.25) is 9.59 Å². The van der Waals surface area contributed by atoms with Crippen LogP contribution in [0.3, 0.4) is 0 Å². The van der Waals surface area contributed by atoms with Crippen molar-refractivity contribution in [2.45, 2.75) is 32.2 Å². The predicted octanol–water partition coefficient (Wildman–Crippen LogP) is 0.509. The molecule has 0 unspecified atom stereocenters. The summed E-state index contributed by atoms with van der Waals surface area (Å²) >= 11 is 0. The highest BCUT2D eigenvalue weighted by Gasteiger charge is 2.23. The number of carbonyl (C=O) groups excluding carboxylic acids is 2. The summed E-state index contributed by atoms with van der Waals surface area (Å²) in [6, 6.07) is 4.08. The molecule has 2 amide bonds. The molecule has 2 aromatic rings. The van der Waals surface area contributed by atoms with E-state index in [1.54, 1.807) is 11.6 Å². The zero-order valence-corrected chi connectivity index (χ0v) is 17.1. The fraction of sp³-hybridized carbons (Fsp3) is 0.600. The van der Waals surface area contributed by atoms with Crippen LogP contribution in [0.5, 0.6) is 0 Å². The van der Waals surface area contributed by atoms with E-state index in [2.05, 4.69) is 20.6 Å². The van der Waals surface area contributed by atoms with Crippen LogP contribution in [0, 0.1) is 0 Å². The van der Waals surface area contributed by atoms with E-state index in [1.165, 1.54) is 0 Å². The molecule has 4 heterocycles. The van der Waals surface area contributed by atoms with Gasteiger partial charge in [-0.15, -0.1) is 0 Å². The Morgan fingerprint density at radius 3 is 2.69 bits per heavy atom. The second kappa shape index (κ2) is 8.36. The predicted molar refractivity (Wildman–Crippen MR) is 111 cm³/mol. The zero-order valence-electron chi connectivity index (χ0n) is 17.1. The molecule has 2 N–H and O–H groups in total. The van der Waals surface area contributed by atoms with Gasteiger partial charge in [0, 0.05) is 46.2 Å². The van der Waals surface area contributed by atoms with Crippen molar-refractivity contribution < 1.29 is 9.59 Å². The molecule has 0 atom stereocenters. The topological polar surface area (TPSA) is 95.4 Å². The van der Waals surface area contributed by atoms with E-state index in [0.717, 1.165) is 63.2 Å². The summed E-state index contributed by atoms with van der Waals surface area (Å²) in [5, 5.41) is 11.6. The van der Waals surface area contributed by atoms with Crippen molar-refractivity contribution in [2.24, 2.45) is 7.05 Å². The molecule has 2 saturated heterocycles. The highest BCUT2D eigenvalue weighted by molar-refractivity contribution is 6.04. The molecule has 9 nitrogen and oxygen atoms in total. The Kier molecular flexibility index (Phi) is 5.66. The van der Waals surface area contributed by atoms with Gasteiger partial charge in [0.25, 0.3) is 5.91 Å². The van der Waals surface area contributed by atoms with Crippen LogP contribution in [0.25, 0.3) is 11.0 Å². The maximum atomic E-state index is 12.8. The maximum absolute atomic E-state index is 12.8. The van der Waals surface area contributed by atoms with Crippen molar-refractivity contribution in [1.29, 1.82) is 0 Å². The Morgan fingerprint density at radius 2 is 1.93 bits per heavy atom. The lowest BCUT2D eigenvalue weighted by Gasteiger charge is -2.23. The molecule has 0 saturated carbocycles. The quantitative estimate of drug-likeness (QED) is 0.781. The first-order valence-electron chi connectivity index (χ1n) is 10.4. The first-order valence-corrected chi connectivity index (χ1v) is 10.4. The number of rotatable bonds is 3. The molecule has 0 aromatic carbocycles. The van der Waals surface area contributed by atoms with Crippen LogP contribution >= 0.6 is 0 Å². The molecule has 0 radical (unpaired) electrons. The fourth-order valence-electron chi connectivity index (χ4n) is 4.15. The number of amides is 2. The van der Waals surface area contributed by atoms with E-state index < -0.39 is 0 Å². The standard InChI is InChI=1S/C20H29N7O2/c1-14(28)26-10-3-11-27(13-12-26)17-5-4-16-18(24-25(2)19(16)23-17)20(29)22-15-6-8-21-9-7-15/h4-5,15,21H,3,6-13H2,1-2H3,(H,22,29). The minimum Gasteiger partial charge on any atom is -0.355 e. The minimum atomic E-state index is -0.135. The monoisotopic (exact) mass is 399 g/mol. The molecule has 0 bridgehead atoms. The van der Waals surface area contributed by atoms with E-state index in [9.17, 15) is 9.59 Å². The number of anilines is 1. The molecule has 2 fully saturated rings. The lowest BCUT2D eigenvalue weighted by Crippen LogP contribution is -2.42. The number of aryl methyl sites for hydroxylation is 1. The van der Waals surface area contributed by atoms with Gasteiger partial charge in [0.15, 0.2) is 11.3 Å². The van der Waals surface area contributed by atoms with Crippen molar-refractivity contribution >= 4 is 28.7 Å². The molecule has 0 spiro atoms. The molecular formula is C20H29N7O2. The number of fused-ring (bicyclic) bond motifs is 1. The number of hydrogen-bond acceptors (Lipinski definition) is 6. The van der Waals surface area contributed by atoms with E-state index in [4.69, 9.17) is 4.98 Å². The second-order valence-corrected chi connectivity index (χ2v) is 7.86. The largest absolute Gasteiger partial charge is 0.355 e. The lowest BCUT2D eigenvalue weighted by atomic mass is 10.1. The summed E-state index contributed by atoms with van der Waals surface area (Å²) in [6.45, 7) is 6.55. The van der Waals surface area contributed by atoms with Gasteiger partial charge in [-0.2, -0.15) is 5.10 Å². The van der Waals surface area contributed by atoms with Gasteiger partial charge in [0.05, 0.1) is 5.39 Å². The molecular weight excluding hydrogens is 370 g/mol. The summed E-state index contributed by atoms with van der Waals surface area (Å²) < 4.78 is 1.68. The van der Waals surface area contributed by atoms with Crippen molar-refractivity contribution in [3.05, 3.63) is 17.8 Å². The SMILES string of the molecule is CC(=O)N1CCCN(c2ccc3c(C(=O)NC4CCNCC4)nn(C)c3n2)CC1. The smallest absolute Gasteiger partial charge is 0.272 e. The Balaban J connectivity index is 1.53. The Bertz CT molecular complexity index is 904. The van der Waals surface area contributed by atoms with Crippen LogP contribution < -0.4 is 15.5 Å². The normalized spacial score (nSPS) is 18.7. The average Bonchev–Trinajstić information content (AvgIpc) is 2.90. The maximum Gasteiger partial charge on any atom is 0.272 e. The summed E-state index contributed by atoms with van der Waals surface area (Å²) in [4.78, 5) is 33.3.